The van der Waals surface area contributed by atoms with E-state index in [1.54, 1.807) is 12.1 Å². The number of phenolic OH excluding ortho intramolecular Hbond substituents is 1. The van der Waals surface area contributed by atoms with Crippen molar-refractivity contribution >= 4 is 5.97 Å². The number of carboxylic acid groups (broad SMARTS) is 1. The molecule has 4 nitrogen and oxygen atoms in total. The van der Waals surface area contributed by atoms with E-state index in [-0.39, 0.29) is 31.0 Å². The Morgan fingerprint density at radius 2 is 2.00 bits per heavy atom. The van der Waals surface area contributed by atoms with Crippen molar-refractivity contribution in [3.8, 4) is 5.75 Å². The summed E-state index contributed by atoms with van der Waals surface area (Å²) in [5.74, 6) is -1.09. The van der Waals surface area contributed by atoms with Gasteiger partial charge in [-0.1, -0.05) is 12.1 Å². The van der Waals surface area contributed by atoms with Gasteiger partial charge in [0.15, 0.2) is 0 Å². The van der Waals surface area contributed by atoms with Crippen LogP contribution >= 0.6 is 0 Å². The van der Waals surface area contributed by atoms with Crippen LogP contribution in [-0.2, 0) is 16.0 Å². The van der Waals surface area contributed by atoms with Gasteiger partial charge in [0, 0.05) is 13.5 Å². The van der Waals surface area contributed by atoms with Gasteiger partial charge in [-0.3, -0.25) is 0 Å². The molecule has 0 bridgehead atoms. The summed E-state index contributed by atoms with van der Waals surface area (Å²) in [5, 5.41) is 19.5. The number of phenols is 1. The summed E-state index contributed by atoms with van der Waals surface area (Å²) >= 11 is 0. The molecule has 0 saturated carbocycles. The normalized spacial score (nSPS) is 11.5. The molecule has 15 heavy (non-hydrogen) atoms. The van der Waals surface area contributed by atoms with Crippen molar-refractivity contribution in [2.75, 3.05) is 7.11 Å². The Bertz CT molecular complexity index is 310. The number of carbonyl (C=O) groups excluding carboxylic acids is 1. The van der Waals surface area contributed by atoms with Crippen LogP contribution in [0.25, 0.3) is 0 Å². The molecule has 0 aliphatic rings. The predicted octanol–water partition coefficient (Wildman–Crippen LogP) is -3.30. The Labute approximate surface area is 100 Å². The predicted molar refractivity (Wildman–Crippen MR) is 47.6 cm³/mol. The van der Waals surface area contributed by atoms with E-state index < -0.39 is 12.1 Å². The van der Waals surface area contributed by atoms with Gasteiger partial charge < -0.3 is 19.7 Å². The summed E-state index contributed by atoms with van der Waals surface area (Å²) in [4.78, 5) is 10.5. The Hall–Kier alpha value is -0.953. The van der Waals surface area contributed by atoms with Crippen LogP contribution < -0.4 is 24.0 Å². The molecular formula is C10H11LiO4. The number of aromatic hydroxyl groups is 1. The van der Waals surface area contributed by atoms with Crippen molar-refractivity contribution in [1.29, 1.82) is 0 Å². The molecule has 0 amide bonds. The van der Waals surface area contributed by atoms with E-state index in [9.17, 15) is 9.90 Å². The molecule has 5 heteroatoms. The number of hydrogen-bond donors (Lipinski definition) is 1. The molecule has 1 aromatic rings. The Morgan fingerprint density at radius 3 is 2.40 bits per heavy atom. The fourth-order valence-corrected chi connectivity index (χ4v) is 1.11. The third-order valence-corrected chi connectivity index (χ3v) is 1.90. The molecule has 0 fully saturated rings. The molecule has 0 radical (unpaired) electrons. The van der Waals surface area contributed by atoms with Crippen LogP contribution in [0.1, 0.15) is 5.56 Å². The first-order valence-electron chi connectivity index (χ1n) is 4.15. The minimum Gasteiger partial charge on any atom is -0.547 e. The Kier molecular flexibility index (Phi) is 6.10. The zero-order valence-corrected chi connectivity index (χ0v) is 8.77. The second kappa shape index (κ2) is 6.52. The van der Waals surface area contributed by atoms with Crippen molar-refractivity contribution < 1.29 is 38.6 Å². The third-order valence-electron chi connectivity index (χ3n) is 1.90. The molecule has 1 aromatic carbocycles. The first-order chi connectivity index (χ1) is 6.63. The van der Waals surface area contributed by atoms with E-state index >= 15 is 0 Å². The number of aliphatic carboxylic acids is 1. The van der Waals surface area contributed by atoms with Gasteiger partial charge in [-0.05, 0) is 17.7 Å². The number of rotatable bonds is 4. The third kappa shape index (κ3) is 4.39. The molecule has 0 spiro atoms. The van der Waals surface area contributed by atoms with E-state index in [4.69, 9.17) is 9.84 Å². The molecule has 0 aromatic heterocycles. The molecule has 0 heterocycles. The largest absolute Gasteiger partial charge is 1.00 e. The number of hydrogen-bond acceptors (Lipinski definition) is 4. The van der Waals surface area contributed by atoms with Gasteiger partial charge in [0.2, 0.25) is 0 Å². The molecule has 76 valence electrons. The molecule has 1 rings (SSSR count). The topological polar surface area (TPSA) is 69.6 Å². The maximum absolute atomic E-state index is 10.5. The van der Waals surface area contributed by atoms with E-state index in [0.717, 1.165) is 5.56 Å². The van der Waals surface area contributed by atoms with Crippen LogP contribution in [-0.4, -0.2) is 24.3 Å². The number of ether oxygens (including phenoxy) is 1. The van der Waals surface area contributed by atoms with Gasteiger partial charge in [-0.25, -0.2) is 0 Å². The molecule has 1 atom stereocenters. The maximum Gasteiger partial charge on any atom is 1.00 e. The summed E-state index contributed by atoms with van der Waals surface area (Å²) in [7, 11) is 1.32. The number of methoxy groups -OCH3 is 1. The molecule has 0 aliphatic heterocycles. The van der Waals surface area contributed by atoms with Crippen LogP contribution in [0.3, 0.4) is 0 Å². The van der Waals surface area contributed by atoms with Gasteiger partial charge in [0.1, 0.15) is 11.9 Å². The summed E-state index contributed by atoms with van der Waals surface area (Å²) in [6.45, 7) is 0. The van der Waals surface area contributed by atoms with Crippen LogP contribution in [0.4, 0.5) is 0 Å². The van der Waals surface area contributed by atoms with Crippen molar-refractivity contribution in [2.24, 2.45) is 0 Å². The standard InChI is InChI=1S/C10H12O4.Li/c1-14-9(10(12)13)6-7-2-4-8(11)5-3-7;/h2-5,9,11H,6H2,1H3,(H,12,13);/q;+1/p-1. The molecule has 1 unspecified atom stereocenters. The molecule has 0 saturated heterocycles. The van der Waals surface area contributed by atoms with E-state index in [1.165, 1.54) is 19.2 Å². The van der Waals surface area contributed by atoms with Gasteiger partial charge in [-0.15, -0.1) is 0 Å². The van der Waals surface area contributed by atoms with Gasteiger partial charge in [0.25, 0.3) is 0 Å². The van der Waals surface area contributed by atoms with Gasteiger partial charge in [-0.2, -0.15) is 0 Å². The fraction of sp³-hybridized carbons (Fsp3) is 0.300. The van der Waals surface area contributed by atoms with Gasteiger partial charge in [0.05, 0.1) is 5.97 Å². The number of carbonyl (C=O) groups is 1. The van der Waals surface area contributed by atoms with Crippen LogP contribution in [0.5, 0.6) is 5.75 Å². The van der Waals surface area contributed by atoms with Crippen LogP contribution in [0.2, 0.25) is 0 Å². The Morgan fingerprint density at radius 1 is 1.47 bits per heavy atom. The van der Waals surface area contributed by atoms with E-state index in [0.29, 0.717) is 0 Å². The zero-order chi connectivity index (χ0) is 10.6. The van der Waals surface area contributed by atoms with Crippen molar-refractivity contribution in [3.05, 3.63) is 29.8 Å². The molecular weight excluding hydrogens is 191 g/mol. The number of benzene rings is 1. The smallest absolute Gasteiger partial charge is 0.547 e. The zero-order valence-electron chi connectivity index (χ0n) is 8.77. The summed E-state index contributed by atoms with van der Waals surface area (Å²) in [6.07, 6.45) is -0.710. The summed E-state index contributed by atoms with van der Waals surface area (Å²) in [6, 6.07) is 6.28. The quantitative estimate of drug-likeness (QED) is 0.519. The minimum atomic E-state index is -1.24. The SMILES string of the molecule is COC(Cc1ccc(O)cc1)C(=O)[O-].[Li+]. The van der Waals surface area contributed by atoms with Crippen molar-refractivity contribution in [3.63, 3.8) is 0 Å². The molecule has 0 aliphatic carbocycles. The fourth-order valence-electron chi connectivity index (χ4n) is 1.11. The average molecular weight is 202 g/mol. The van der Waals surface area contributed by atoms with Crippen LogP contribution in [0, 0.1) is 0 Å². The first-order valence-corrected chi connectivity index (χ1v) is 4.15. The summed E-state index contributed by atoms with van der Waals surface area (Å²) < 4.78 is 4.72. The second-order valence-electron chi connectivity index (χ2n) is 2.91. The molecule has 1 N–H and O–H groups in total. The first kappa shape index (κ1) is 14.0. The van der Waals surface area contributed by atoms with Gasteiger partial charge >= 0.3 is 18.9 Å². The Balaban J connectivity index is 0.00000196. The van der Waals surface area contributed by atoms with E-state index in [2.05, 4.69) is 0 Å². The van der Waals surface area contributed by atoms with Crippen molar-refractivity contribution in [2.45, 2.75) is 12.5 Å². The summed E-state index contributed by atoms with van der Waals surface area (Å²) in [5.41, 5.74) is 0.777. The maximum atomic E-state index is 10.5. The average Bonchev–Trinajstić information content (AvgIpc) is 2.16. The minimum absolute atomic E-state index is 0. The van der Waals surface area contributed by atoms with E-state index in [1.807, 2.05) is 0 Å². The van der Waals surface area contributed by atoms with Crippen LogP contribution in [0.15, 0.2) is 24.3 Å². The number of carboxylic acids is 1. The monoisotopic (exact) mass is 202 g/mol. The second-order valence-corrected chi connectivity index (χ2v) is 2.91. The van der Waals surface area contributed by atoms with Crippen molar-refractivity contribution in [1.82, 2.24) is 0 Å².